The van der Waals surface area contributed by atoms with E-state index in [1.165, 1.54) is 0 Å². The summed E-state index contributed by atoms with van der Waals surface area (Å²) in [6.07, 6.45) is 1.07. The Kier molecular flexibility index (Phi) is 6.88. The maximum absolute atomic E-state index is 12.6. The van der Waals surface area contributed by atoms with Crippen LogP contribution in [-0.2, 0) is 14.6 Å². The minimum atomic E-state index is -3.09. The van der Waals surface area contributed by atoms with Gasteiger partial charge in [0.25, 0.3) is 0 Å². The van der Waals surface area contributed by atoms with Gasteiger partial charge >= 0.3 is 6.03 Å². The fraction of sp³-hybridized carbons (Fsp3) is 0.529. The Morgan fingerprint density at radius 1 is 1.35 bits per heavy atom. The Bertz CT molecular complexity index is 769. The van der Waals surface area contributed by atoms with Crippen LogP contribution in [0.1, 0.15) is 26.7 Å². The first-order chi connectivity index (χ1) is 12.2. The third-order valence-corrected chi connectivity index (χ3v) is 6.44. The number of hydrogen-bond donors (Lipinski definition) is 3. The maximum atomic E-state index is 12.6. The van der Waals surface area contributed by atoms with E-state index in [1.54, 1.807) is 24.3 Å². The van der Waals surface area contributed by atoms with Gasteiger partial charge in [-0.1, -0.05) is 37.9 Å². The number of carbonyl (C=O) groups is 2. The number of benzene rings is 1. The van der Waals surface area contributed by atoms with Crippen molar-refractivity contribution in [2.75, 3.05) is 16.8 Å². The molecule has 1 saturated heterocycles. The second-order valence-corrected chi connectivity index (χ2v) is 9.25. The number of carbonyl (C=O) groups excluding carboxylic acids is 2. The summed E-state index contributed by atoms with van der Waals surface area (Å²) < 4.78 is 23.0. The zero-order valence-corrected chi connectivity index (χ0v) is 16.4. The van der Waals surface area contributed by atoms with Crippen LogP contribution in [-0.4, -0.2) is 43.9 Å². The molecule has 0 aliphatic carbocycles. The van der Waals surface area contributed by atoms with Crippen LogP contribution in [0.3, 0.4) is 0 Å². The lowest BCUT2D eigenvalue weighted by Gasteiger charge is -2.24. The van der Waals surface area contributed by atoms with Gasteiger partial charge < -0.3 is 16.0 Å². The van der Waals surface area contributed by atoms with Crippen LogP contribution < -0.4 is 16.0 Å². The van der Waals surface area contributed by atoms with Gasteiger partial charge in [0.05, 0.1) is 11.5 Å². The Balaban J connectivity index is 2.00. The number of anilines is 1. The van der Waals surface area contributed by atoms with E-state index in [-0.39, 0.29) is 23.3 Å². The van der Waals surface area contributed by atoms with Gasteiger partial charge in [0.15, 0.2) is 9.84 Å². The predicted molar refractivity (Wildman–Crippen MR) is 102 cm³/mol. The molecule has 1 fully saturated rings. The Labute approximate surface area is 158 Å². The van der Waals surface area contributed by atoms with Gasteiger partial charge in [-0.15, -0.1) is 0 Å². The van der Waals surface area contributed by atoms with Crippen LogP contribution in [0.25, 0.3) is 0 Å². The van der Waals surface area contributed by atoms with Crippen molar-refractivity contribution < 1.29 is 18.0 Å². The van der Waals surface area contributed by atoms with Gasteiger partial charge in [0.2, 0.25) is 5.91 Å². The second-order valence-electron chi connectivity index (χ2n) is 6.58. The molecule has 0 saturated carbocycles. The monoisotopic (exact) mass is 401 g/mol. The number of urea groups is 1. The number of hydrogen-bond acceptors (Lipinski definition) is 4. The first-order valence-electron chi connectivity index (χ1n) is 8.54. The molecule has 1 aromatic rings. The molecule has 1 aliphatic rings. The van der Waals surface area contributed by atoms with E-state index in [1.807, 2.05) is 13.8 Å². The molecule has 1 unspecified atom stereocenters. The lowest BCUT2D eigenvalue weighted by Crippen LogP contribution is -2.53. The average Bonchev–Trinajstić information content (AvgIpc) is 2.90. The third-order valence-electron chi connectivity index (χ3n) is 4.44. The van der Waals surface area contributed by atoms with Crippen LogP contribution in [0, 0.1) is 5.92 Å². The summed E-state index contributed by atoms with van der Waals surface area (Å²) in [5.74, 6) is -0.450. The van der Waals surface area contributed by atoms with Crippen molar-refractivity contribution in [3.05, 3.63) is 29.3 Å². The Hall–Kier alpha value is -1.80. The zero-order chi connectivity index (χ0) is 19.3. The van der Waals surface area contributed by atoms with Crippen molar-refractivity contribution in [3.63, 3.8) is 0 Å². The van der Waals surface area contributed by atoms with Gasteiger partial charge in [-0.05, 0) is 30.5 Å². The van der Waals surface area contributed by atoms with Crippen LogP contribution in [0.4, 0.5) is 10.5 Å². The molecule has 2 rings (SSSR count). The van der Waals surface area contributed by atoms with Crippen LogP contribution in [0.2, 0.25) is 5.02 Å². The highest BCUT2D eigenvalue weighted by molar-refractivity contribution is 7.91. The standard InChI is InChI=1S/C17H24ClN3O4S/c1-3-11(2)15(16(22)19-13-6-4-5-12(18)9-13)21-17(23)20-14-7-8-26(24,25)10-14/h4-6,9,11,14-15H,3,7-8,10H2,1-2H3,(H,19,22)(H2,20,21,23)/t11-,14?,15+/m1/s1. The zero-order valence-electron chi connectivity index (χ0n) is 14.8. The van der Waals surface area contributed by atoms with Crippen molar-refractivity contribution >= 4 is 39.1 Å². The van der Waals surface area contributed by atoms with Crippen LogP contribution >= 0.6 is 11.6 Å². The summed E-state index contributed by atoms with van der Waals surface area (Å²) in [5.41, 5.74) is 0.542. The molecule has 9 heteroatoms. The van der Waals surface area contributed by atoms with Crippen molar-refractivity contribution in [3.8, 4) is 0 Å². The van der Waals surface area contributed by atoms with E-state index in [9.17, 15) is 18.0 Å². The van der Waals surface area contributed by atoms with Gasteiger partial charge in [-0.25, -0.2) is 13.2 Å². The number of nitrogens with one attached hydrogen (secondary N) is 3. The van der Waals surface area contributed by atoms with Crippen molar-refractivity contribution in [2.45, 2.75) is 38.8 Å². The molecular weight excluding hydrogens is 378 g/mol. The van der Waals surface area contributed by atoms with E-state index in [2.05, 4.69) is 16.0 Å². The molecule has 1 aliphatic heterocycles. The normalized spacial score (nSPS) is 20.8. The van der Waals surface area contributed by atoms with Crippen LogP contribution in [0.15, 0.2) is 24.3 Å². The molecule has 0 bridgehead atoms. The van der Waals surface area contributed by atoms with Gasteiger partial charge in [-0.3, -0.25) is 4.79 Å². The fourth-order valence-corrected chi connectivity index (χ4v) is 4.63. The SMILES string of the molecule is CC[C@@H](C)[C@H](NC(=O)NC1CCS(=O)(=O)C1)C(=O)Nc1cccc(Cl)c1. The Morgan fingerprint density at radius 2 is 2.08 bits per heavy atom. The first-order valence-corrected chi connectivity index (χ1v) is 10.7. The Morgan fingerprint density at radius 3 is 2.65 bits per heavy atom. The predicted octanol–water partition coefficient (Wildman–Crippen LogP) is 2.18. The lowest BCUT2D eigenvalue weighted by atomic mass is 9.98. The first kappa shape index (κ1) is 20.5. The summed E-state index contributed by atoms with van der Waals surface area (Å²) in [5, 5.41) is 8.55. The highest BCUT2D eigenvalue weighted by Gasteiger charge is 2.31. The molecule has 0 spiro atoms. The minimum absolute atomic E-state index is 0.0663. The number of amides is 3. The molecule has 3 amide bonds. The van der Waals surface area contributed by atoms with E-state index in [4.69, 9.17) is 11.6 Å². The van der Waals surface area contributed by atoms with Gasteiger partial charge in [-0.2, -0.15) is 0 Å². The minimum Gasteiger partial charge on any atom is -0.334 e. The maximum Gasteiger partial charge on any atom is 0.315 e. The molecule has 26 heavy (non-hydrogen) atoms. The lowest BCUT2D eigenvalue weighted by molar-refractivity contribution is -0.119. The summed E-state index contributed by atoms with van der Waals surface area (Å²) in [7, 11) is -3.09. The molecule has 0 aromatic heterocycles. The third kappa shape index (κ3) is 5.88. The number of sulfone groups is 1. The summed E-state index contributed by atoms with van der Waals surface area (Å²) in [6.45, 7) is 3.79. The van der Waals surface area contributed by atoms with Gasteiger partial charge in [0.1, 0.15) is 6.04 Å². The molecular formula is C17H24ClN3O4S. The van der Waals surface area contributed by atoms with Crippen molar-refractivity contribution in [2.24, 2.45) is 5.92 Å². The molecule has 1 aromatic carbocycles. The van der Waals surface area contributed by atoms with E-state index < -0.39 is 28.0 Å². The van der Waals surface area contributed by atoms with Crippen LogP contribution in [0.5, 0.6) is 0 Å². The van der Waals surface area contributed by atoms with E-state index in [0.717, 1.165) is 0 Å². The fourth-order valence-electron chi connectivity index (χ4n) is 2.77. The highest BCUT2D eigenvalue weighted by atomic mass is 35.5. The molecule has 144 valence electrons. The quantitative estimate of drug-likeness (QED) is 0.679. The second kappa shape index (κ2) is 8.73. The number of halogens is 1. The number of rotatable bonds is 6. The topological polar surface area (TPSA) is 104 Å². The largest absolute Gasteiger partial charge is 0.334 e. The van der Waals surface area contributed by atoms with Crippen molar-refractivity contribution in [1.82, 2.24) is 10.6 Å². The average molecular weight is 402 g/mol. The molecule has 7 nitrogen and oxygen atoms in total. The molecule has 0 radical (unpaired) electrons. The molecule has 1 heterocycles. The van der Waals surface area contributed by atoms with E-state index >= 15 is 0 Å². The van der Waals surface area contributed by atoms with Gasteiger partial charge in [0, 0.05) is 16.8 Å². The summed E-state index contributed by atoms with van der Waals surface area (Å²) in [4.78, 5) is 24.8. The smallest absolute Gasteiger partial charge is 0.315 e. The van der Waals surface area contributed by atoms with E-state index in [0.29, 0.717) is 23.6 Å². The molecule has 3 N–H and O–H groups in total. The summed E-state index contributed by atoms with van der Waals surface area (Å²) >= 11 is 5.92. The summed E-state index contributed by atoms with van der Waals surface area (Å²) in [6, 6.07) is 5.03. The van der Waals surface area contributed by atoms with Crippen molar-refractivity contribution in [1.29, 1.82) is 0 Å². The highest BCUT2D eigenvalue weighted by Crippen LogP contribution is 2.17. The molecule has 3 atom stereocenters.